The van der Waals surface area contributed by atoms with E-state index in [4.69, 9.17) is 10.3 Å². The van der Waals surface area contributed by atoms with Crippen molar-refractivity contribution in [2.24, 2.45) is 5.11 Å². The minimum atomic E-state index is 0.368. The predicted octanol–water partition coefficient (Wildman–Crippen LogP) is 1.54. The molecule has 0 fully saturated rings. The maximum atomic E-state index is 8.01. The van der Waals surface area contributed by atoms with Crippen LogP contribution in [0.5, 0.6) is 5.88 Å². The lowest BCUT2D eigenvalue weighted by Crippen LogP contribution is -1.91. The number of ether oxygens (including phenoxy) is 1. The maximum absolute atomic E-state index is 8.01. The highest BCUT2D eigenvalue weighted by Gasteiger charge is 1.92. The number of azide groups is 1. The summed E-state index contributed by atoms with van der Waals surface area (Å²) in [4.78, 5) is 2.62. The molecule has 6 nitrogen and oxygen atoms in total. The Morgan fingerprint density at radius 3 is 3.00 bits per heavy atom. The van der Waals surface area contributed by atoms with Crippen molar-refractivity contribution in [2.75, 3.05) is 13.7 Å². The molecule has 0 bridgehead atoms. The second-order valence-electron chi connectivity index (χ2n) is 2.47. The van der Waals surface area contributed by atoms with Gasteiger partial charge in [0, 0.05) is 23.9 Å². The second-order valence-corrected chi connectivity index (χ2v) is 2.47. The van der Waals surface area contributed by atoms with Gasteiger partial charge in [-0.15, -0.1) is 10.2 Å². The Hall–Kier alpha value is -2.25. The van der Waals surface area contributed by atoms with E-state index in [-0.39, 0.29) is 0 Å². The summed E-state index contributed by atoms with van der Waals surface area (Å²) in [6, 6.07) is 3.40. The first-order valence-corrected chi connectivity index (χ1v) is 4.24. The van der Waals surface area contributed by atoms with Crippen molar-refractivity contribution >= 4 is 0 Å². The van der Waals surface area contributed by atoms with Crippen molar-refractivity contribution in [3.05, 3.63) is 28.3 Å². The van der Waals surface area contributed by atoms with Crippen LogP contribution in [0.15, 0.2) is 17.2 Å². The lowest BCUT2D eigenvalue weighted by atomic mass is 10.3. The molecule has 0 aliphatic rings. The molecule has 0 aliphatic heterocycles. The molecule has 0 unspecified atom stereocenters. The molecule has 0 radical (unpaired) electrons. The quantitative estimate of drug-likeness (QED) is 0.245. The SMILES string of the molecule is COc1ccc(C#CCCN=[N+]=[N-])nn1. The molecule has 6 heteroatoms. The zero-order valence-corrected chi connectivity index (χ0v) is 8.21. The van der Waals surface area contributed by atoms with Gasteiger partial charge in [-0.1, -0.05) is 11.0 Å². The largest absolute Gasteiger partial charge is 0.480 e. The monoisotopic (exact) mass is 203 g/mol. The molecular formula is C9H9N5O. The van der Waals surface area contributed by atoms with E-state index in [0.717, 1.165) is 0 Å². The summed E-state index contributed by atoms with van der Waals surface area (Å²) in [5.41, 5.74) is 8.58. The van der Waals surface area contributed by atoms with Gasteiger partial charge in [0.25, 0.3) is 0 Å². The lowest BCUT2D eigenvalue weighted by molar-refractivity contribution is 0.391. The van der Waals surface area contributed by atoms with Gasteiger partial charge in [0.15, 0.2) is 0 Å². The van der Waals surface area contributed by atoms with E-state index in [1.807, 2.05) is 0 Å². The zero-order valence-electron chi connectivity index (χ0n) is 8.21. The molecule has 0 amide bonds. The van der Waals surface area contributed by atoms with Gasteiger partial charge < -0.3 is 4.74 Å². The third kappa shape index (κ3) is 3.98. The summed E-state index contributed by atoms with van der Waals surface area (Å²) in [5, 5.41) is 10.9. The van der Waals surface area contributed by atoms with Gasteiger partial charge in [-0.05, 0) is 17.5 Å². The molecular weight excluding hydrogens is 194 g/mol. The molecule has 0 aromatic carbocycles. The Labute approximate surface area is 86.9 Å². The highest BCUT2D eigenvalue weighted by Crippen LogP contribution is 2.02. The Balaban J connectivity index is 2.52. The third-order valence-electron chi connectivity index (χ3n) is 1.47. The average Bonchev–Trinajstić information content (AvgIpc) is 2.30. The number of rotatable bonds is 3. The van der Waals surface area contributed by atoms with Crippen LogP contribution in [0.4, 0.5) is 0 Å². The molecule has 0 saturated heterocycles. The minimum absolute atomic E-state index is 0.368. The standard InChI is InChI=1S/C9H9N5O/c1-15-9-6-5-8(12-13-9)4-2-3-7-11-14-10/h5-6H,3,7H2,1H3. The molecule has 0 aliphatic carbocycles. The van der Waals surface area contributed by atoms with E-state index in [1.54, 1.807) is 12.1 Å². The summed E-state index contributed by atoms with van der Waals surface area (Å²) >= 11 is 0. The van der Waals surface area contributed by atoms with Crippen molar-refractivity contribution < 1.29 is 4.74 Å². The van der Waals surface area contributed by atoms with Crippen LogP contribution in [0, 0.1) is 11.8 Å². The Bertz CT molecular complexity index is 410. The van der Waals surface area contributed by atoms with Crippen LogP contribution in [0.3, 0.4) is 0 Å². The van der Waals surface area contributed by atoms with Crippen molar-refractivity contribution in [3.63, 3.8) is 0 Å². The fourth-order valence-corrected chi connectivity index (χ4v) is 0.799. The molecule has 1 aromatic rings. The van der Waals surface area contributed by atoms with Gasteiger partial charge in [-0.25, -0.2) is 0 Å². The van der Waals surface area contributed by atoms with E-state index in [2.05, 4.69) is 32.1 Å². The van der Waals surface area contributed by atoms with E-state index in [1.165, 1.54) is 7.11 Å². The average molecular weight is 203 g/mol. The second kappa shape index (κ2) is 6.24. The summed E-state index contributed by atoms with van der Waals surface area (Å²) in [6.07, 6.45) is 0.512. The summed E-state index contributed by atoms with van der Waals surface area (Å²) in [5.74, 6) is 6.06. The van der Waals surface area contributed by atoms with Gasteiger partial charge in [0.2, 0.25) is 5.88 Å². The summed E-state index contributed by atoms with van der Waals surface area (Å²) in [6.45, 7) is 0.368. The van der Waals surface area contributed by atoms with Gasteiger partial charge in [-0.3, -0.25) is 0 Å². The Morgan fingerprint density at radius 1 is 1.53 bits per heavy atom. The first-order chi connectivity index (χ1) is 7.36. The van der Waals surface area contributed by atoms with Gasteiger partial charge in [-0.2, -0.15) is 0 Å². The molecule has 0 atom stereocenters. The van der Waals surface area contributed by atoms with Crippen LogP contribution in [0.25, 0.3) is 10.4 Å². The number of methoxy groups -OCH3 is 1. The number of hydrogen-bond acceptors (Lipinski definition) is 4. The summed E-state index contributed by atoms with van der Waals surface area (Å²) in [7, 11) is 1.52. The molecule has 76 valence electrons. The predicted molar refractivity (Wildman–Crippen MR) is 54.1 cm³/mol. The highest BCUT2D eigenvalue weighted by molar-refractivity contribution is 5.27. The van der Waals surface area contributed by atoms with Crippen LogP contribution in [-0.4, -0.2) is 23.9 Å². The Kier molecular flexibility index (Phi) is 4.51. The van der Waals surface area contributed by atoms with Crippen LogP contribution >= 0.6 is 0 Å². The zero-order chi connectivity index (χ0) is 10.9. The van der Waals surface area contributed by atoms with E-state index in [9.17, 15) is 0 Å². The van der Waals surface area contributed by atoms with Crippen molar-refractivity contribution in [1.82, 2.24) is 10.2 Å². The van der Waals surface area contributed by atoms with Crippen LogP contribution in [0.1, 0.15) is 12.1 Å². The molecule has 0 saturated carbocycles. The van der Waals surface area contributed by atoms with Gasteiger partial charge >= 0.3 is 0 Å². The molecule has 1 rings (SSSR count). The fourth-order valence-electron chi connectivity index (χ4n) is 0.799. The first-order valence-electron chi connectivity index (χ1n) is 4.24. The van der Waals surface area contributed by atoms with Crippen LogP contribution in [0.2, 0.25) is 0 Å². The van der Waals surface area contributed by atoms with Crippen LogP contribution in [-0.2, 0) is 0 Å². The van der Waals surface area contributed by atoms with Crippen molar-refractivity contribution in [2.45, 2.75) is 6.42 Å². The summed E-state index contributed by atoms with van der Waals surface area (Å²) < 4.78 is 4.85. The van der Waals surface area contributed by atoms with E-state index in [0.29, 0.717) is 24.5 Å². The van der Waals surface area contributed by atoms with Crippen LogP contribution < -0.4 is 4.74 Å². The van der Waals surface area contributed by atoms with Crippen molar-refractivity contribution in [3.8, 4) is 17.7 Å². The molecule has 1 aromatic heterocycles. The van der Waals surface area contributed by atoms with E-state index >= 15 is 0 Å². The van der Waals surface area contributed by atoms with E-state index < -0.39 is 0 Å². The minimum Gasteiger partial charge on any atom is -0.480 e. The normalized spacial score (nSPS) is 8.33. The number of hydrogen-bond donors (Lipinski definition) is 0. The number of nitrogens with zero attached hydrogens (tertiary/aromatic N) is 5. The lowest BCUT2D eigenvalue weighted by Gasteiger charge is -1.94. The number of aromatic nitrogens is 2. The Morgan fingerprint density at radius 2 is 2.40 bits per heavy atom. The van der Waals surface area contributed by atoms with Gasteiger partial charge in [0.1, 0.15) is 5.69 Å². The molecule has 0 spiro atoms. The third-order valence-corrected chi connectivity index (χ3v) is 1.47. The first kappa shape index (κ1) is 10.8. The highest BCUT2D eigenvalue weighted by atomic mass is 16.5. The maximum Gasteiger partial charge on any atom is 0.233 e. The molecule has 0 N–H and O–H groups in total. The smallest absolute Gasteiger partial charge is 0.233 e. The van der Waals surface area contributed by atoms with Gasteiger partial charge in [0.05, 0.1) is 7.11 Å². The topological polar surface area (TPSA) is 83.8 Å². The molecule has 1 heterocycles. The molecule has 15 heavy (non-hydrogen) atoms. The van der Waals surface area contributed by atoms with Crippen molar-refractivity contribution in [1.29, 1.82) is 0 Å². The fraction of sp³-hybridized carbons (Fsp3) is 0.333.